The molecular weight excluding hydrogens is 380 g/mol. The SMILES string of the molecule is Cc1nc(C)c(C#N)c(SCC(=O)N(C)C(c2ccccc2)c2ccccc2)n1. The molecule has 0 aliphatic rings. The first-order valence-corrected chi connectivity index (χ1v) is 10.2. The summed E-state index contributed by atoms with van der Waals surface area (Å²) in [6.07, 6.45) is 0. The molecule has 3 rings (SSSR count). The van der Waals surface area contributed by atoms with Crippen LogP contribution in [0.25, 0.3) is 0 Å². The van der Waals surface area contributed by atoms with Gasteiger partial charge < -0.3 is 4.90 Å². The third-order valence-electron chi connectivity index (χ3n) is 4.62. The topological polar surface area (TPSA) is 69.9 Å². The van der Waals surface area contributed by atoms with Crippen LogP contribution in [-0.2, 0) is 4.79 Å². The number of rotatable bonds is 6. The average molecular weight is 403 g/mol. The fourth-order valence-electron chi connectivity index (χ4n) is 3.20. The van der Waals surface area contributed by atoms with E-state index in [2.05, 4.69) is 16.0 Å². The number of amides is 1. The van der Waals surface area contributed by atoms with Gasteiger partial charge in [-0.1, -0.05) is 72.4 Å². The van der Waals surface area contributed by atoms with E-state index in [1.807, 2.05) is 67.7 Å². The second-order valence-corrected chi connectivity index (χ2v) is 7.63. The maximum absolute atomic E-state index is 13.1. The van der Waals surface area contributed by atoms with Crippen molar-refractivity contribution in [1.82, 2.24) is 14.9 Å². The number of carbonyl (C=O) groups is 1. The Labute approximate surface area is 175 Å². The highest BCUT2D eigenvalue weighted by Gasteiger charge is 2.24. The van der Waals surface area contributed by atoms with Crippen molar-refractivity contribution in [1.29, 1.82) is 5.26 Å². The summed E-state index contributed by atoms with van der Waals surface area (Å²) < 4.78 is 0. The molecule has 1 heterocycles. The van der Waals surface area contributed by atoms with Crippen molar-refractivity contribution in [3.8, 4) is 6.07 Å². The summed E-state index contributed by atoms with van der Waals surface area (Å²) in [5.41, 5.74) is 3.16. The summed E-state index contributed by atoms with van der Waals surface area (Å²) in [6, 6.07) is 21.9. The number of aryl methyl sites for hydroxylation is 2. The van der Waals surface area contributed by atoms with Gasteiger partial charge in [0.2, 0.25) is 5.91 Å². The second-order valence-electron chi connectivity index (χ2n) is 6.67. The molecule has 0 bridgehead atoms. The third kappa shape index (κ3) is 4.82. The number of hydrogen-bond acceptors (Lipinski definition) is 5. The summed E-state index contributed by atoms with van der Waals surface area (Å²) in [7, 11) is 1.81. The third-order valence-corrected chi connectivity index (χ3v) is 5.58. The summed E-state index contributed by atoms with van der Waals surface area (Å²) in [6.45, 7) is 3.57. The van der Waals surface area contributed by atoms with E-state index in [0.717, 1.165) is 11.1 Å². The molecule has 146 valence electrons. The van der Waals surface area contributed by atoms with E-state index in [4.69, 9.17) is 0 Å². The first-order valence-electron chi connectivity index (χ1n) is 9.25. The molecule has 0 aliphatic heterocycles. The minimum absolute atomic E-state index is 0.0366. The predicted molar refractivity (Wildman–Crippen MR) is 114 cm³/mol. The van der Waals surface area contributed by atoms with Gasteiger partial charge in [0.05, 0.1) is 17.5 Å². The number of carbonyl (C=O) groups excluding carboxylic acids is 1. The lowest BCUT2D eigenvalue weighted by Gasteiger charge is -2.29. The summed E-state index contributed by atoms with van der Waals surface area (Å²) in [5.74, 6) is 0.749. The van der Waals surface area contributed by atoms with Gasteiger partial charge in [-0.25, -0.2) is 9.97 Å². The Kier molecular flexibility index (Phi) is 6.63. The zero-order valence-corrected chi connectivity index (χ0v) is 17.5. The van der Waals surface area contributed by atoms with Crippen LogP contribution in [0, 0.1) is 25.2 Å². The molecule has 0 saturated heterocycles. The van der Waals surface area contributed by atoms with E-state index < -0.39 is 0 Å². The van der Waals surface area contributed by atoms with Crippen molar-refractivity contribution in [2.45, 2.75) is 24.9 Å². The van der Waals surface area contributed by atoms with Crippen LogP contribution in [0.4, 0.5) is 0 Å². The highest BCUT2D eigenvalue weighted by Crippen LogP contribution is 2.29. The Bertz CT molecular complexity index is 992. The van der Waals surface area contributed by atoms with Crippen LogP contribution in [0.1, 0.15) is 34.3 Å². The lowest BCUT2D eigenvalue weighted by atomic mass is 9.97. The van der Waals surface area contributed by atoms with Crippen LogP contribution < -0.4 is 0 Å². The van der Waals surface area contributed by atoms with E-state index in [0.29, 0.717) is 22.1 Å². The zero-order valence-electron chi connectivity index (χ0n) is 16.7. The Morgan fingerprint density at radius 3 is 2.10 bits per heavy atom. The van der Waals surface area contributed by atoms with Gasteiger partial charge in [0.15, 0.2) is 0 Å². The second kappa shape index (κ2) is 9.35. The van der Waals surface area contributed by atoms with Gasteiger partial charge in [0.1, 0.15) is 22.5 Å². The molecule has 0 radical (unpaired) electrons. The van der Waals surface area contributed by atoms with Crippen LogP contribution in [0.3, 0.4) is 0 Å². The monoisotopic (exact) mass is 402 g/mol. The highest BCUT2D eigenvalue weighted by molar-refractivity contribution is 8.00. The fourth-order valence-corrected chi connectivity index (χ4v) is 4.20. The normalized spacial score (nSPS) is 10.6. The first kappa shape index (κ1) is 20.6. The highest BCUT2D eigenvalue weighted by atomic mass is 32.2. The molecule has 2 aromatic carbocycles. The summed E-state index contributed by atoms with van der Waals surface area (Å²) >= 11 is 1.28. The number of thioether (sulfide) groups is 1. The smallest absolute Gasteiger partial charge is 0.233 e. The molecule has 1 amide bonds. The molecule has 0 unspecified atom stereocenters. The number of hydrogen-bond donors (Lipinski definition) is 0. The fraction of sp³-hybridized carbons (Fsp3) is 0.217. The van der Waals surface area contributed by atoms with Crippen molar-refractivity contribution in [3.05, 3.63) is 88.9 Å². The minimum Gasteiger partial charge on any atom is -0.334 e. The van der Waals surface area contributed by atoms with E-state index in [9.17, 15) is 10.1 Å². The van der Waals surface area contributed by atoms with Crippen LogP contribution in [0.2, 0.25) is 0 Å². The molecule has 0 fully saturated rings. The predicted octanol–water partition coefficient (Wildman–Crippen LogP) is 4.31. The standard InChI is InChI=1S/C23H22N4OS/c1-16-20(14-24)23(26-17(2)25-16)29-15-21(28)27(3)22(18-10-6-4-7-11-18)19-12-8-5-9-13-19/h4-13,22H,15H2,1-3H3. The molecule has 1 aromatic heterocycles. The lowest BCUT2D eigenvalue weighted by molar-refractivity contribution is -0.128. The largest absolute Gasteiger partial charge is 0.334 e. The van der Waals surface area contributed by atoms with Crippen molar-refractivity contribution in [2.24, 2.45) is 0 Å². The van der Waals surface area contributed by atoms with Crippen molar-refractivity contribution in [3.63, 3.8) is 0 Å². The lowest BCUT2D eigenvalue weighted by Crippen LogP contribution is -2.33. The molecule has 0 N–H and O–H groups in total. The quantitative estimate of drug-likeness (QED) is 0.454. The number of aromatic nitrogens is 2. The van der Waals surface area contributed by atoms with Crippen LogP contribution in [0.15, 0.2) is 65.7 Å². The molecule has 6 heteroatoms. The van der Waals surface area contributed by atoms with E-state index in [1.54, 1.807) is 18.7 Å². The minimum atomic E-state index is -0.185. The van der Waals surface area contributed by atoms with E-state index in [-0.39, 0.29) is 17.7 Å². The molecule has 0 atom stereocenters. The van der Waals surface area contributed by atoms with Gasteiger partial charge in [-0.15, -0.1) is 0 Å². The first-order chi connectivity index (χ1) is 14.0. The number of nitrogens with zero attached hydrogens (tertiary/aromatic N) is 4. The maximum Gasteiger partial charge on any atom is 0.233 e. The molecule has 5 nitrogen and oxygen atoms in total. The summed E-state index contributed by atoms with van der Waals surface area (Å²) in [4.78, 5) is 23.4. The molecule has 0 saturated carbocycles. The van der Waals surface area contributed by atoms with Gasteiger partial charge >= 0.3 is 0 Å². The average Bonchev–Trinajstić information content (AvgIpc) is 2.73. The Morgan fingerprint density at radius 1 is 1.03 bits per heavy atom. The van der Waals surface area contributed by atoms with Gasteiger partial charge in [-0.05, 0) is 25.0 Å². The van der Waals surface area contributed by atoms with Crippen LogP contribution in [-0.4, -0.2) is 33.6 Å². The van der Waals surface area contributed by atoms with Crippen molar-refractivity contribution < 1.29 is 4.79 Å². The van der Waals surface area contributed by atoms with E-state index >= 15 is 0 Å². The molecule has 0 spiro atoms. The zero-order chi connectivity index (χ0) is 20.8. The Hall–Kier alpha value is -3.17. The molecule has 29 heavy (non-hydrogen) atoms. The van der Waals surface area contributed by atoms with Crippen molar-refractivity contribution in [2.75, 3.05) is 12.8 Å². The number of nitriles is 1. The Balaban J connectivity index is 1.83. The van der Waals surface area contributed by atoms with E-state index in [1.165, 1.54) is 11.8 Å². The molecule has 3 aromatic rings. The molecule has 0 aliphatic carbocycles. The van der Waals surface area contributed by atoms with Gasteiger partial charge in [-0.2, -0.15) is 5.26 Å². The van der Waals surface area contributed by atoms with Crippen LogP contribution in [0.5, 0.6) is 0 Å². The molecular formula is C23H22N4OS. The Morgan fingerprint density at radius 2 is 1.59 bits per heavy atom. The summed E-state index contributed by atoms with van der Waals surface area (Å²) in [5, 5.41) is 9.96. The maximum atomic E-state index is 13.1. The number of benzene rings is 2. The van der Waals surface area contributed by atoms with Gasteiger partial charge in [0.25, 0.3) is 0 Å². The van der Waals surface area contributed by atoms with Crippen LogP contribution >= 0.6 is 11.8 Å². The van der Waals surface area contributed by atoms with Gasteiger partial charge in [0, 0.05) is 7.05 Å². The van der Waals surface area contributed by atoms with Crippen molar-refractivity contribution >= 4 is 17.7 Å². The van der Waals surface area contributed by atoms with Gasteiger partial charge in [-0.3, -0.25) is 4.79 Å².